The minimum absolute atomic E-state index is 0.0103. The van der Waals surface area contributed by atoms with E-state index in [1.165, 1.54) is 11.8 Å². The summed E-state index contributed by atoms with van der Waals surface area (Å²) in [5, 5.41) is 9.51. The minimum Gasteiger partial charge on any atom is -0.481 e. The Hall–Kier alpha value is -1.65. The lowest BCUT2D eigenvalue weighted by molar-refractivity contribution is -0.136. The number of nitrogens with two attached hydrogens (primary N) is 1. The fraction of sp³-hybridized carbons (Fsp3) is 0.0714. The smallest absolute Gasteiger partial charge is 0.307 e. The van der Waals surface area contributed by atoms with Gasteiger partial charge in [0.15, 0.2) is 0 Å². The molecule has 0 atom stereocenters. The zero-order valence-electron chi connectivity index (χ0n) is 9.97. The third kappa shape index (κ3) is 3.66. The third-order valence-corrected chi connectivity index (χ3v) is 3.94. The Labute approximate surface area is 120 Å². The number of hydrogen-bond donors (Lipinski definition) is 2. The van der Waals surface area contributed by atoms with Crippen LogP contribution in [-0.2, 0) is 11.2 Å². The molecule has 3 nitrogen and oxygen atoms in total. The molecule has 0 aliphatic heterocycles. The number of carboxylic acids is 1. The maximum Gasteiger partial charge on any atom is 0.307 e. The van der Waals surface area contributed by atoms with Gasteiger partial charge in [-0.1, -0.05) is 41.6 Å². The van der Waals surface area contributed by atoms with Crippen molar-refractivity contribution in [2.45, 2.75) is 16.2 Å². The molecule has 98 valence electrons. The van der Waals surface area contributed by atoms with Crippen molar-refractivity contribution >= 4 is 35.0 Å². The lowest BCUT2D eigenvalue weighted by Gasteiger charge is -2.09. The van der Waals surface area contributed by atoms with Crippen LogP contribution in [0, 0.1) is 0 Å². The van der Waals surface area contributed by atoms with Crippen LogP contribution in [0.1, 0.15) is 5.56 Å². The van der Waals surface area contributed by atoms with Gasteiger partial charge in [0.05, 0.1) is 6.42 Å². The van der Waals surface area contributed by atoms with Crippen molar-refractivity contribution in [1.82, 2.24) is 0 Å². The first-order valence-electron chi connectivity index (χ1n) is 5.59. The van der Waals surface area contributed by atoms with Crippen molar-refractivity contribution in [2.75, 3.05) is 5.73 Å². The molecular weight excluding hydrogens is 282 g/mol. The summed E-state index contributed by atoms with van der Waals surface area (Å²) >= 11 is 7.37. The molecule has 2 aromatic carbocycles. The molecule has 0 aliphatic rings. The normalized spacial score (nSPS) is 10.4. The lowest BCUT2D eigenvalue weighted by Crippen LogP contribution is -2.01. The summed E-state index contributed by atoms with van der Waals surface area (Å²) in [5.41, 5.74) is 7.28. The number of carboxylic acid groups (broad SMARTS) is 1. The Morgan fingerprint density at radius 3 is 2.68 bits per heavy atom. The van der Waals surface area contributed by atoms with Crippen LogP contribution < -0.4 is 5.73 Å². The molecule has 0 aromatic heterocycles. The van der Waals surface area contributed by atoms with E-state index in [1.54, 1.807) is 24.3 Å². The van der Waals surface area contributed by atoms with Gasteiger partial charge in [0, 0.05) is 20.5 Å². The predicted molar refractivity (Wildman–Crippen MR) is 77.8 cm³/mol. The molecule has 2 aromatic rings. The van der Waals surface area contributed by atoms with Gasteiger partial charge in [0.25, 0.3) is 0 Å². The van der Waals surface area contributed by atoms with E-state index in [4.69, 9.17) is 22.4 Å². The molecule has 0 unspecified atom stereocenters. The second-order valence-corrected chi connectivity index (χ2v) is 5.48. The molecule has 0 fully saturated rings. The summed E-state index contributed by atoms with van der Waals surface area (Å²) in [6, 6.07) is 12.6. The fourth-order valence-electron chi connectivity index (χ4n) is 1.63. The summed E-state index contributed by atoms with van der Waals surface area (Å²) in [6.07, 6.45) is -0.0103. The number of rotatable bonds is 4. The highest BCUT2D eigenvalue weighted by Crippen LogP contribution is 2.35. The van der Waals surface area contributed by atoms with Gasteiger partial charge in [-0.2, -0.15) is 0 Å². The van der Waals surface area contributed by atoms with E-state index in [1.807, 2.05) is 18.2 Å². The second-order valence-electron chi connectivity index (χ2n) is 3.96. The Morgan fingerprint density at radius 2 is 1.95 bits per heavy atom. The van der Waals surface area contributed by atoms with Crippen molar-refractivity contribution in [2.24, 2.45) is 0 Å². The van der Waals surface area contributed by atoms with Crippen LogP contribution in [0.2, 0.25) is 5.02 Å². The molecule has 0 saturated carbocycles. The predicted octanol–water partition coefficient (Wildman–Crippen LogP) is 3.70. The topological polar surface area (TPSA) is 63.3 Å². The maximum atomic E-state index is 10.8. The van der Waals surface area contributed by atoms with Crippen LogP contribution in [-0.4, -0.2) is 11.1 Å². The van der Waals surface area contributed by atoms with Gasteiger partial charge >= 0.3 is 5.97 Å². The van der Waals surface area contributed by atoms with Gasteiger partial charge in [-0.25, -0.2) is 0 Å². The first-order valence-corrected chi connectivity index (χ1v) is 6.78. The number of carbonyl (C=O) groups is 1. The van der Waals surface area contributed by atoms with Gasteiger partial charge in [0.2, 0.25) is 0 Å². The summed E-state index contributed by atoms with van der Waals surface area (Å²) in [4.78, 5) is 12.5. The summed E-state index contributed by atoms with van der Waals surface area (Å²) in [7, 11) is 0. The number of benzene rings is 2. The molecule has 0 spiro atoms. The molecule has 0 radical (unpaired) electrons. The van der Waals surface area contributed by atoms with Crippen LogP contribution >= 0.6 is 23.4 Å². The molecule has 19 heavy (non-hydrogen) atoms. The zero-order chi connectivity index (χ0) is 13.8. The van der Waals surface area contributed by atoms with Crippen molar-refractivity contribution < 1.29 is 9.90 Å². The molecule has 0 amide bonds. The van der Waals surface area contributed by atoms with E-state index >= 15 is 0 Å². The largest absolute Gasteiger partial charge is 0.481 e. The van der Waals surface area contributed by atoms with E-state index in [0.717, 1.165) is 15.4 Å². The number of halogens is 1. The molecule has 0 bridgehead atoms. The van der Waals surface area contributed by atoms with E-state index in [-0.39, 0.29) is 6.42 Å². The van der Waals surface area contributed by atoms with Gasteiger partial charge < -0.3 is 10.8 Å². The van der Waals surface area contributed by atoms with E-state index in [9.17, 15) is 4.79 Å². The number of anilines is 1. The van der Waals surface area contributed by atoms with Crippen molar-refractivity contribution in [1.29, 1.82) is 0 Å². The quantitative estimate of drug-likeness (QED) is 0.844. The Bertz CT molecular complexity index is 616. The van der Waals surface area contributed by atoms with E-state index in [2.05, 4.69) is 0 Å². The van der Waals surface area contributed by atoms with E-state index in [0.29, 0.717) is 10.7 Å². The molecule has 2 rings (SSSR count). The van der Waals surface area contributed by atoms with Gasteiger partial charge in [-0.15, -0.1) is 0 Å². The lowest BCUT2D eigenvalue weighted by atomic mass is 10.1. The molecular formula is C14H12ClNO2S. The monoisotopic (exact) mass is 293 g/mol. The average Bonchev–Trinajstić information content (AvgIpc) is 2.35. The molecule has 0 aliphatic carbocycles. The summed E-state index contributed by atoms with van der Waals surface area (Å²) in [6.45, 7) is 0. The van der Waals surface area contributed by atoms with E-state index < -0.39 is 5.97 Å². The second kappa shape index (κ2) is 5.99. The number of nitrogen functional groups attached to an aromatic ring is 1. The van der Waals surface area contributed by atoms with Crippen LogP contribution in [0.15, 0.2) is 52.3 Å². The van der Waals surface area contributed by atoms with Crippen LogP contribution in [0.25, 0.3) is 0 Å². The van der Waals surface area contributed by atoms with Crippen molar-refractivity contribution in [3.8, 4) is 0 Å². The first-order chi connectivity index (χ1) is 9.06. The Kier molecular flexibility index (Phi) is 4.35. The van der Waals surface area contributed by atoms with Crippen molar-refractivity contribution in [3.63, 3.8) is 0 Å². The van der Waals surface area contributed by atoms with Gasteiger partial charge in [-0.05, 0) is 29.8 Å². The molecule has 0 heterocycles. The zero-order valence-corrected chi connectivity index (χ0v) is 11.5. The number of hydrogen-bond acceptors (Lipinski definition) is 3. The maximum absolute atomic E-state index is 10.8. The standard InChI is InChI=1S/C14H12ClNO2S/c15-10-5-6-11(16)13(8-10)19-12-4-2-1-3-9(12)7-14(17)18/h1-6,8H,7,16H2,(H,17,18). The first kappa shape index (κ1) is 13.8. The molecule has 5 heteroatoms. The highest BCUT2D eigenvalue weighted by molar-refractivity contribution is 7.99. The summed E-state index contributed by atoms with van der Waals surface area (Å²) < 4.78 is 0. The summed E-state index contributed by atoms with van der Waals surface area (Å²) in [5.74, 6) is -0.855. The Balaban J connectivity index is 2.32. The highest BCUT2D eigenvalue weighted by Gasteiger charge is 2.09. The average molecular weight is 294 g/mol. The van der Waals surface area contributed by atoms with Crippen LogP contribution in [0.4, 0.5) is 5.69 Å². The van der Waals surface area contributed by atoms with Gasteiger partial charge in [-0.3, -0.25) is 4.79 Å². The molecule has 3 N–H and O–H groups in total. The van der Waals surface area contributed by atoms with Crippen LogP contribution in [0.5, 0.6) is 0 Å². The molecule has 0 saturated heterocycles. The van der Waals surface area contributed by atoms with Gasteiger partial charge in [0.1, 0.15) is 0 Å². The minimum atomic E-state index is -0.855. The highest BCUT2D eigenvalue weighted by atomic mass is 35.5. The number of aliphatic carboxylic acids is 1. The van der Waals surface area contributed by atoms with Crippen LogP contribution in [0.3, 0.4) is 0 Å². The van der Waals surface area contributed by atoms with Crippen molar-refractivity contribution in [3.05, 3.63) is 53.1 Å². The SMILES string of the molecule is Nc1ccc(Cl)cc1Sc1ccccc1CC(=O)O. The fourth-order valence-corrected chi connectivity index (χ4v) is 2.89. The third-order valence-electron chi connectivity index (χ3n) is 2.51. The Morgan fingerprint density at radius 1 is 1.21 bits per heavy atom.